The number of fused-ring (bicyclic) bond motifs is 2. The summed E-state index contributed by atoms with van der Waals surface area (Å²) in [5.41, 5.74) is 1.15. The summed E-state index contributed by atoms with van der Waals surface area (Å²) in [5.74, 6) is 0.196. The maximum absolute atomic E-state index is 13.4. The van der Waals surface area contributed by atoms with Gasteiger partial charge in [0.1, 0.15) is 5.54 Å². The summed E-state index contributed by atoms with van der Waals surface area (Å²) < 4.78 is 10.4. The molecule has 2 aliphatic rings. The molecule has 0 aromatic heterocycles. The van der Waals surface area contributed by atoms with Crippen LogP contribution in [0.3, 0.4) is 0 Å². The van der Waals surface area contributed by atoms with Gasteiger partial charge < -0.3 is 14.8 Å². The number of ketones is 1. The van der Waals surface area contributed by atoms with Crippen molar-refractivity contribution in [3.05, 3.63) is 59.2 Å². The lowest BCUT2D eigenvalue weighted by atomic mass is 9.84. The number of benzene rings is 2. The number of nitrogens with zero attached hydrogens (tertiary/aromatic N) is 1. The molecule has 1 saturated heterocycles. The van der Waals surface area contributed by atoms with Crippen LogP contribution in [0.15, 0.2) is 42.5 Å². The number of imide groups is 1. The Balaban J connectivity index is 1.62. The number of rotatable bonds is 5. The number of carbonyl (C=O) groups is 3. The molecule has 2 aromatic rings. The van der Waals surface area contributed by atoms with E-state index in [9.17, 15) is 14.4 Å². The van der Waals surface area contributed by atoms with Crippen molar-refractivity contribution in [2.45, 2.75) is 31.2 Å². The van der Waals surface area contributed by atoms with Gasteiger partial charge in [0.05, 0.1) is 20.8 Å². The Labute approximate surface area is 175 Å². The second-order valence-corrected chi connectivity index (χ2v) is 7.58. The van der Waals surface area contributed by atoms with Crippen LogP contribution in [-0.4, -0.2) is 43.4 Å². The van der Waals surface area contributed by atoms with Gasteiger partial charge >= 0.3 is 6.03 Å². The molecule has 1 fully saturated rings. The van der Waals surface area contributed by atoms with Crippen LogP contribution in [0.5, 0.6) is 11.5 Å². The van der Waals surface area contributed by atoms with E-state index in [0.717, 1.165) is 35.3 Å². The summed E-state index contributed by atoms with van der Waals surface area (Å²) in [6.07, 6.45) is 3.16. The fourth-order valence-corrected chi connectivity index (χ4v) is 4.36. The van der Waals surface area contributed by atoms with Gasteiger partial charge in [-0.15, -0.1) is 0 Å². The van der Waals surface area contributed by atoms with Crippen LogP contribution in [0, 0.1) is 0 Å². The van der Waals surface area contributed by atoms with Crippen LogP contribution in [0.1, 0.15) is 40.7 Å². The van der Waals surface area contributed by atoms with E-state index in [-0.39, 0.29) is 18.2 Å². The van der Waals surface area contributed by atoms with Gasteiger partial charge in [0.25, 0.3) is 5.91 Å². The van der Waals surface area contributed by atoms with E-state index in [0.29, 0.717) is 23.5 Å². The smallest absolute Gasteiger partial charge is 0.325 e. The highest BCUT2D eigenvalue weighted by Gasteiger charge is 2.53. The van der Waals surface area contributed by atoms with E-state index in [2.05, 4.69) is 5.32 Å². The fourth-order valence-electron chi connectivity index (χ4n) is 4.36. The van der Waals surface area contributed by atoms with E-state index >= 15 is 0 Å². The van der Waals surface area contributed by atoms with Crippen molar-refractivity contribution in [2.24, 2.45) is 0 Å². The first-order valence-corrected chi connectivity index (χ1v) is 9.98. The number of urea groups is 1. The molecule has 4 rings (SSSR count). The number of hydrogen-bond acceptors (Lipinski definition) is 5. The van der Waals surface area contributed by atoms with E-state index in [4.69, 9.17) is 9.47 Å². The third-order valence-electron chi connectivity index (χ3n) is 5.91. The lowest BCUT2D eigenvalue weighted by Crippen LogP contribution is -2.44. The monoisotopic (exact) mass is 408 g/mol. The SMILES string of the molecule is COc1ccc(C(=O)CN2C(=O)NC3(CCCCc4ccccc43)C2=O)cc1OC. The summed E-state index contributed by atoms with van der Waals surface area (Å²) >= 11 is 0. The Morgan fingerprint density at radius 3 is 2.60 bits per heavy atom. The Morgan fingerprint density at radius 2 is 1.83 bits per heavy atom. The molecule has 3 amide bonds. The molecule has 1 N–H and O–H groups in total. The van der Waals surface area contributed by atoms with Gasteiger partial charge in [-0.3, -0.25) is 14.5 Å². The maximum atomic E-state index is 13.4. The standard InChI is InChI=1S/C23H24N2O5/c1-29-19-11-10-16(13-20(19)30-2)18(26)14-25-21(27)23(24-22(25)28)12-6-5-8-15-7-3-4-9-17(15)23/h3-4,7,9-11,13H,5-6,8,12,14H2,1-2H3,(H,24,28). The highest BCUT2D eigenvalue weighted by molar-refractivity contribution is 6.11. The molecular weight excluding hydrogens is 384 g/mol. The number of amides is 3. The molecule has 156 valence electrons. The minimum atomic E-state index is -1.10. The molecule has 2 aromatic carbocycles. The molecule has 1 aliphatic heterocycles. The molecule has 1 atom stereocenters. The molecule has 7 heteroatoms. The molecular formula is C23H24N2O5. The topological polar surface area (TPSA) is 84.9 Å². The van der Waals surface area contributed by atoms with Crippen molar-refractivity contribution in [3.63, 3.8) is 0 Å². The first-order valence-electron chi connectivity index (χ1n) is 9.98. The Bertz CT molecular complexity index is 1020. The molecule has 0 saturated carbocycles. The van der Waals surface area contributed by atoms with Crippen LogP contribution in [0.25, 0.3) is 0 Å². The summed E-state index contributed by atoms with van der Waals surface area (Å²) in [6, 6.07) is 12.0. The highest BCUT2D eigenvalue weighted by atomic mass is 16.5. The molecule has 1 heterocycles. The average Bonchev–Trinajstić information content (AvgIpc) is 2.91. The minimum Gasteiger partial charge on any atom is -0.493 e. The predicted molar refractivity (Wildman–Crippen MR) is 110 cm³/mol. The van der Waals surface area contributed by atoms with Gasteiger partial charge in [-0.25, -0.2) is 4.79 Å². The van der Waals surface area contributed by atoms with Gasteiger partial charge in [-0.05, 0) is 55.0 Å². The zero-order valence-electron chi connectivity index (χ0n) is 17.1. The Hall–Kier alpha value is -3.35. The molecule has 7 nitrogen and oxygen atoms in total. The third-order valence-corrected chi connectivity index (χ3v) is 5.91. The molecule has 30 heavy (non-hydrogen) atoms. The summed E-state index contributed by atoms with van der Waals surface area (Å²) in [5, 5.41) is 2.90. The molecule has 0 bridgehead atoms. The highest BCUT2D eigenvalue weighted by Crippen LogP contribution is 2.39. The zero-order valence-corrected chi connectivity index (χ0v) is 17.1. The second kappa shape index (κ2) is 7.82. The van der Waals surface area contributed by atoms with E-state index < -0.39 is 11.6 Å². The van der Waals surface area contributed by atoms with Gasteiger partial charge in [0, 0.05) is 5.56 Å². The number of carbonyl (C=O) groups excluding carboxylic acids is 3. The number of Topliss-reactive ketones (excluding diaryl/α,β-unsaturated/α-hetero) is 1. The van der Waals surface area contributed by atoms with Crippen LogP contribution in [0.4, 0.5) is 4.79 Å². The zero-order chi connectivity index (χ0) is 21.3. The van der Waals surface area contributed by atoms with E-state index in [1.807, 2.05) is 24.3 Å². The minimum absolute atomic E-state index is 0.329. The lowest BCUT2D eigenvalue weighted by Gasteiger charge is -2.27. The summed E-state index contributed by atoms with van der Waals surface area (Å²) in [6.45, 7) is -0.329. The van der Waals surface area contributed by atoms with Gasteiger partial charge in [-0.1, -0.05) is 24.3 Å². The van der Waals surface area contributed by atoms with Crippen LogP contribution in [0.2, 0.25) is 0 Å². The predicted octanol–water partition coefficient (Wildman–Crippen LogP) is 3.06. The molecule has 0 radical (unpaired) electrons. The van der Waals surface area contributed by atoms with Crippen molar-refractivity contribution in [2.75, 3.05) is 20.8 Å². The average molecular weight is 408 g/mol. The Morgan fingerprint density at radius 1 is 1.07 bits per heavy atom. The van der Waals surface area contributed by atoms with Crippen molar-refractivity contribution in [1.82, 2.24) is 10.2 Å². The lowest BCUT2D eigenvalue weighted by molar-refractivity contribution is -0.131. The Kier molecular flexibility index (Phi) is 5.20. The quantitative estimate of drug-likeness (QED) is 0.607. The van der Waals surface area contributed by atoms with Gasteiger partial charge in [0.2, 0.25) is 0 Å². The van der Waals surface area contributed by atoms with Crippen molar-refractivity contribution in [1.29, 1.82) is 0 Å². The summed E-state index contributed by atoms with van der Waals surface area (Å²) in [7, 11) is 2.99. The van der Waals surface area contributed by atoms with Gasteiger partial charge in [-0.2, -0.15) is 0 Å². The van der Waals surface area contributed by atoms with E-state index in [1.54, 1.807) is 18.2 Å². The van der Waals surface area contributed by atoms with Crippen molar-refractivity contribution >= 4 is 17.7 Å². The van der Waals surface area contributed by atoms with Crippen LogP contribution >= 0.6 is 0 Å². The van der Waals surface area contributed by atoms with E-state index in [1.165, 1.54) is 14.2 Å². The number of aryl methyl sites for hydroxylation is 1. The molecule has 1 aliphatic carbocycles. The van der Waals surface area contributed by atoms with Crippen LogP contribution in [-0.2, 0) is 16.8 Å². The maximum Gasteiger partial charge on any atom is 0.325 e. The van der Waals surface area contributed by atoms with Crippen molar-refractivity contribution in [3.8, 4) is 11.5 Å². The van der Waals surface area contributed by atoms with Gasteiger partial charge in [0.15, 0.2) is 17.3 Å². The largest absolute Gasteiger partial charge is 0.493 e. The molecule has 1 spiro atoms. The number of hydrogen-bond donors (Lipinski definition) is 1. The molecule has 1 unspecified atom stereocenters. The number of methoxy groups -OCH3 is 2. The first-order chi connectivity index (χ1) is 14.5. The normalized spacial score (nSPS) is 20.5. The number of ether oxygens (including phenoxy) is 2. The number of nitrogens with one attached hydrogen (secondary N) is 1. The van der Waals surface area contributed by atoms with Crippen LogP contribution < -0.4 is 14.8 Å². The summed E-state index contributed by atoms with van der Waals surface area (Å²) in [4.78, 5) is 40.1. The fraction of sp³-hybridized carbons (Fsp3) is 0.348. The third kappa shape index (κ3) is 3.20. The second-order valence-electron chi connectivity index (χ2n) is 7.58. The van der Waals surface area contributed by atoms with Crippen molar-refractivity contribution < 1.29 is 23.9 Å². The first kappa shape index (κ1) is 19.9.